The van der Waals surface area contributed by atoms with E-state index in [1.54, 1.807) is 18.2 Å². The number of nitrogens with zero attached hydrogens (tertiary/aromatic N) is 1. The minimum absolute atomic E-state index is 0.0175. The van der Waals surface area contributed by atoms with E-state index in [2.05, 4.69) is 33.8 Å². The second-order valence-corrected chi connectivity index (χ2v) is 7.06. The maximum absolute atomic E-state index is 12.6. The van der Waals surface area contributed by atoms with Crippen LogP contribution >= 0.6 is 22.6 Å². The van der Waals surface area contributed by atoms with Crippen LogP contribution in [0.5, 0.6) is 11.5 Å². The number of hydrogen-bond donors (Lipinski definition) is 1. The molecule has 0 unspecified atom stereocenters. The molecule has 1 N–H and O–H groups in total. The highest BCUT2D eigenvalue weighted by molar-refractivity contribution is 14.1. The zero-order valence-electron chi connectivity index (χ0n) is 15.8. The number of amides is 1. The maximum Gasteiger partial charge on any atom is 0.266 e. The third kappa shape index (κ3) is 5.05. The van der Waals surface area contributed by atoms with E-state index in [1.165, 1.54) is 13.2 Å². The van der Waals surface area contributed by atoms with E-state index in [1.807, 2.05) is 32.0 Å². The van der Waals surface area contributed by atoms with Crippen LogP contribution in [0.25, 0.3) is 6.08 Å². The van der Waals surface area contributed by atoms with Crippen LogP contribution in [0.15, 0.2) is 35.9 Å². The number of halogens is 1. The van der Waals surface area contributed by atoms with Crippen molar-refractivity contribution in [1.29, 1.82) is 5.26 Å². The number of carbonyl (C=O) groups excluding carboxylic acids is 1. The van der Waals surface area contributed by atoms with Gasteiger partial charge >= 0.3 is 0 Å². The van der Waals surface area contributed by atoms with Crippen LogP contribution < -0.4 is 14.8 Å². The molecule has 2 aromatic rings. The van der Waals surface area contributed by atoms with Crippen molar-refractivity contribution in [3.63, 3.8) is 0 Å². The Kier molecular flexibility index (Phi) is 7.48. The summed E-state index contributed by atoms with van der Waals surface area (Å²) >= 11 is 2.09. The minimum atomic E-state index is -0.474. The van der Waals surface area contributed by atoms with Crippen molar-refractivity contribution in [3.05, 3.63) is 56.2 Å². The van der Waals surface area contributed by atoms with Gasteiger partial charge in [-0.15, -0.1) is 6.42 Å². The molecule has 0 radical (unpaired) electrons. The Morgan fingerprint density at radius 1 is 1.36 bits per heavy atom. The van der Waals surface area contributed by atoms with E-state index < -0.39 is 5.91 Å². The van der Waals surface area contributed by atoms with Crippen LogP contribution in [-0.2, 0) is 4.79 Å². The molecule has 0 saturated carbocycles. The largest absolute Gasteiger partial charge is 0.493 e. The number of nitrogens with one attached hydrogen (secondary N) is 1. The number of benzene rings is 2. The van der Waals surface area contributed by atoms with Gasteiger partial charge in [0.1, 0.15) is 18.2 Å². The van der Waals surface area contributed by atoms with Gasteiger partial charge in [-0.05, 0) is 77.4 Å². The van der Waals surface area contributed by atoms with Gasteiger partial charge in [0, 0.05) is 5.69 Å². The van der Waals surface area contributed by atoms with E-state index in [-0.39, 0.29) is 12.2 Å². The number of methoxy groups -OCH3 is 1. The van der Waals surface area contributed by atoms with E-state index in [9.17, 15) is 10.1 Å². The number of rotatable bonds is 6. The first-order valence-electron chi connectivity index (χ1n) is 8.34. The van der Waals surface area contributed by atoms with Gasteiger partial charge in [0.15, 0.2) is 11.5 Å². The fourth-order valence-corrected chi connectivity index (χ4v) is 3.25. The van der Waals surface area contributed by atoms with Crippen molar-refractivity contribution < 1.29 is 14.3 Å². The number of aryl methyl sites for hydroxylation is 1. The number of carbonyl (C=O) groups is 1. The quantitative estimate of drug-likeness (QED) is 0.283. The van der Waals surface area contributed by atoms with Gasteiger partial charge in [0.2, 0.25) is 0 Å². The Balaban J connectivity index is 2.34. The second kappa shape index (κ2) is 9.82. The highest BCUT2D eigenvalue weighted by Gasteiger charge is 2.14. The summed E-state index contributed by atoms with van der Waals surface area (Å²) in [5.74, 6) is 2.93. The average Bonchev–Trinajstić information content (AvgIpc) is 2.68. The molecule has 0 aliphatic heterocycles. The van der Waals surface area contributed by atoms with Gasteiger partial charge in [0.25, 0.3) is 5.91 Å². The first-order valence-corrected chi connectivity index (χ1v) is 9.42. The molecule has 142 valence electrons. The molecule has 0 fully saturated rings. The molecule has 2 rings (SSSR count). The molecule has 0 saturated heterocycles. The molecule has 0 aromatic heterocycles. The number of ether oxygens (including phenoxy) is 2. The molecule has 0 bridgehead atoms. The summed E-state index contributed by atoms with van der Waals surface area (Å²) in [5, 5.41) is 12.3. The lowest BCUT2D eigenvalue weighted by atomic mass is 10.1. The number of terminal acetylenes is 1. The average molecular weight is 486 g/mol. The third-order valence-corrected chi connectivity index (χ3v) is 4.88. The number of nitriles is 1. The maximum atomic E-state index is 12.6. The Morgan fingerprint density at radius 2 is 2.11 bits per heavy atom. The summed E-state index contributed by atoms with van der Waals surface area (Å²) in [4.78, 5) is 12.6. The lowest BCUT2D eigenvalue weighted by molar-refractivity contribution is -0.112. The number of hydrogen-bond acceptors (Lipinski definition) is 4. The molecular formula is C22H19IN2O3. The molecule has 2 aromatic carbocycles. The van der Waals surface area contributed by atoms with Crippen LogP contribution in [0.4, 0.5) is 5.69 Å². The fourth-order valence-electron chi connectivity index (χ4n) is 2.47. The highest BCUT2D eigenvalue weighted by Crippen LogP contribution is 2.34. The molecule has 1 amide bonds. The van der Waals surface area contributed by atoms with Crippen molar-refractivity contribution in [2.75, 3.05) is 19.0 Å². The van der Waals surface area contributed by atoms with Crippen LogP contribution in [0.2, 0.25) is 0 Å². The van der Waals surface area contributed by atoms with Crippen LogP contribution in [-0.4, -0.2) is 19.6 Å². The molecule has 0 aliphatic rings. The Bertz CT molecular complexity index is 1010. The molecule has 0 atom stereocenters. The smallest absolute Gasteiger partial charge is 0.266 e. The summed E-state index contributed by atoms with van der Waals surface area (Å²) in [6.07, 6.45) is 6.75. The molecule has 6 heteroatoms. The van der Waals surface area contributed by atoms with Crippen molar-refractivity contribution in [2.45, 2.75) is 13.8 Å². The van der Waals surface area contributed by atoms with Crippen molar-refractivity contribution in [1.82, 2.24) is 0 Å². The third-order valence-electron chi connectivity index (χ3n) is 4.08. The van der Waals surface area contributed by atoms with E-state index >= 15 is 0 Å². The van der Waals surface area contributed by atoms with Crippen LogP contribution in [0.1, 0.15) is 16.7 Å². The number of anilines is 1. The van der Waals surface area contributed by atoms with Gasteiger partial charge in [-0.1, -0.05) is 18.1 Å². The standard InChI is InChI=1S/C22H19IN2O3/c1-5-9-28-21-18(23)11-16(12-20(21)27-4)10-17(13-24)22(26)25-19-8-6-7-14(2)15(19)3/h1,6-8,10-12H,9H2,2-4H3,(H,25,26)/b17-10+. The molecule has 5 nitrogen and oxygen atoms in total. The van der Waals surface area contributed by atoms with Crippen molar-refractivity contribution in [3.8, 4) is 29.9 Å². The van der Waals surface area contributed by atoms with E-state index in [0.29, 0.717) is 22.7 Å². The Morgan fingerprint density at radius 3 is 2.75 bits per heavy atom. The topological polar surface area (TPSA) is 71.3 Å². The minimum Gasteiger partial charge on any atom is -0.493 e. The zero-order valence-corrected chi connectivity index (χ0v) is 18.0. The van der Waals surface area contributed by atoms with Crippen LogP contribution in [0.3, 0.4) is 0 Å². The Hall–Kier alpha value is -2.97. The van der Waals surface area contributed by atoms with Gasteiger partial charge in [0.05, 0.1) is 10.7 Å². The molecule has 0 aliphatic carbocycles. The first-order chi connectivity index (χ1) is 13.4. The van der Waals surface area contributed by atoms with Crippen LogP contribution in [0, 0.1) is 41.1 Å². The van der Waals surface area contributed by atoms with E-state index in [0.717, 1.165) is 14.7 Å². The monoisotopic (exact) mass is 486 g/mol. The normalized spacial score (nSPS) is 10.6. The van der Waals surface area contributed by atoms with Crippen molar-refractivity contribution >= 4 is 40.3 Å². The summed E-state index contributed by atoms with van der Waals surface area (Å²) in [7, 11) is 1.51. The lowest BCUT2D eigenvalue weighted by Crippen LogP contribution is -2.14. The summed E-state index contributed by atoms with van der Waals surface area (Å²) in [6, 6.07) is 11.1. The van der Waals surface area contributed by atoms with Gasteiger partial charge in [-0.2, -0.15) is 5.26 Å². The van der Waals surface area contributed by atoms with Gasteiger partial charge in [-0.25, -0.2) is 0 Å². The van der Waals surface area contributed by atoms with Gasteiger partial charge < -0.3 is 14.8 Å². The highest BCUT2D eigenvalue weighted by atomic mass is 127. The summed E-state index contributed by atoms with van der Waals surface area (Å²) in [6.45, 7) is 4.00. The summed E-state index contributed by atoms with van der Waals surface area (Å²) in [5.41, 5.74) is 3.32. The summed E-state index contributed by atoms with van der Waals surface area (Å²) < 4.78 is 11.6. The zero-order chi connectivity index (χ0) is 20.7. The molecule has 0 spiro atoms. The fraction of sp³-hybridized carbons (Fsp3) is 0.182. The van der Waals surface area contributed by atoms with E-state index in [4.69, 9.17) is 15.9 Å². The molecular weight excluding hydrogens is 467 g/mol. The predicted octanol–water partition coefficient (Wildman–Crippen LogP) is 4.47. The predicted molar refractivity (Wildman–Crippen MR) is 118 cm³/mol. The second-order valence-electron chi connectivity index (χ2n) is 5.90. The van der Waals surface area contributed by atoms with Gasteiger partial charge in [-0.3, -0.25) is 4.79 Å². The lowest BCUT2D eigenvalue weighted by Gasteiger charge is -2.12. The van der Waals surface area contributed by atoms with Crippen molar-refractivity contribution in [2.24, 2.45) is 0 Å². The first kappa shape index (κ1) is 21.3. The molecule has 0 heterocycles. The SMILES string of the molecule is C#CCOc1c(I)cc(/C=C(\C#N)C(=O)Nc2cccc(C)c2C)cc1OC. The molecule has 28 heavy (non-hydrogen) atoms. The Labute approximate surface area is 178 Å².